The van der Waals surface area contributed by atoms with E-state index in [2.05, 4.69) is 10.3 Å². The molecular weight excluding hydrogens is 194 g/mol. The van der Waals surface area contributed by atoms with E-state index in [1.807, 2.05) is 0 Å². The molecule has 0 aromatic heterocycles. The maximum atomic E-state index is 11.6. The quantitative estimate of drug-likeness (QED) is 0.669. The Morgan fingerprint density at radius 2 is 1.93 bits per heavy atom. The second-order valence-corrected chi connectivity index (χ2v) is 4.74. The molecule has 1 spiro atoms. The molecule has 0 radical (unpaired) electrons. The molecule has 1 N–H and O–H groups in total. The van der Waals surface area contributed by atoms with Gasteiger partial charge in [-0.15, -0.1) is 0 Å². The number of nitrogens with one attached hydrogen (secondary N) is 1. The molecule has 2 fully saturated rings. The van der Waals surface area contributed by atoms with Gasteiger partial charge in [-0.05, 0) is 24.7 Å². The highest BCUT2D eigenvalue weighted by atomic mass is 16.7. The summed E-state index contributed by atoms with van der Waals surface area (Å²) < 4.78 is 0. The van der Waals surface area contributed by atoms with Gasteiger partial charge in [0.1, 0.15) is 0 Å². The van der Waals surface area contributed by atoms with E-state index in [0.717, 1.165) is 19.3 Å². The first-order valence-electron chi connectivity index (χ1n) is 5.61. The predicted octanol–water partition coefficient (Wildman–Crippen LogP) is 1.55. The van der Waals surface area contributed by atoms with Gasteiger partial charge in [0.2, 0.25) is 0 Å². The molecule has 1 atom stereocenters. The number of amides is 1. The summed E-state index contributed by atoms with van der Waals surface area (Å²) in [6.07, 6.45) is 7.05. The summed E-state index contributed by atoms with van der Waals surface area (Å²) in [6, 6.07) is 0. The van der Waals surface area contributed by atoms with Crippen molar-refractivity contribution in [2.24, 2.45) is 11.3 Å². The molecule has 2 aliphatic rings. The Hall–Kier alpha value is -1.06. The fraction of sp³-hybridized carbons (Fsp3) is 0.818. The molecule has 0 aromatic rings. The Morgan fingerprint density at radius 1 is 1.27 bits per heavy atom. The smallest absolute Gasteiger partial charge is 0.329 e. The Balaban J connectivity index is 1.81. The van der Waals surface area contributed by atoms with Crippen molar-refractivity contribution in [2.45, 2.75) is 45.4 Å². The Kier molecular flexibility index (Phi) is 2.67. The van der Waals surface area contributed by atoms with Crippen molar-refractivity contribution >= 4 is 11.9 Å². The lowest BCUT2D eigenvalue weighted by Crippen LogP contribution is -2.29. The molecule has 0 bridgehead atoms. The Labute approximate surface area is 89.3 Å². The van der Waals surface area contributed by atoms with E-state index in [9.17, 15) is 9.59 Å². The lowest BCUT2D eigenvalue weighted by atomic mass is 9.84. The highest BCUT2D eigenvalue weighted by Crippen LogP contribution is 2.61. The van der Waals surface area contributed by atoms with Gasteiger partial charge in [-0.25, -0.2) is 0 Å². The largest absolute Gasteiger partial charge is 0.341 e. The van der Waals surface area contributed by atoms with Gasteiger partial charge in [0.15, 0.2) is 0 Å². The standard InChI is InChI=1S/C11H17NO3/c1-8(13)15-12-10(14)9-7-11(9)5-3-2-4-6-11/h9H,2-7H2,1H3,(H,12,14)/t9-/m1/s1. The SMILES string of the molecule is CC(=O)ONC(=O)[C@H]1CC12CCCCC2. The molecule has 15 heavy (non-hydrogen) atoms. The van der Waals surface area contributed by atoms with Crippen LogP contribution in [0.4, 0.5) is 0 Å². The van der Waals surface area contributed by atoms with Crippen molar-refractivity contribution in [3.8, 4) is 0 Å². The van der Waals surface area contributed by atoms with Crippen molar-refractivity contribution < 1.29 is 14.4 Å². The van der Waals surface area contributed by atoms with Crippen molar-refractivity contribution in [2.75, 3.05) is 0 Å². The molecule has 4 nitrogen and oxygen atoms in total. The minimum atomic E-state index is -0.471. The number of carbonyl (C=O) groups excluding carboxylic acids is 2. The van der Waals surface area contributed by atoms with Crippen LogP contribution in [0.25, 0.3) is 0 Å². The number of hydrogen-bond donors (Lipinski definition) is 1. The molecule has 0 unspecified atom stereocenters. The third kappa shape index (κ3) is 2.13. The van der Waals surface area contributed by atoms with Gasteiger partial charge in [-0.2, -0.15) is 5.48 Å². The van der Waals surface area contributed by atoms with Gasteiger partial charge >= 0.3 is 5.97 Å². The van der Waals surface area contributed by atoms with E-state index in [0.29, 0.717) is 0 Å². The second kappa shape index (κ2) is 3.83. The van der Waals surface area contributed by atoms with Crippen molar-refractivity contribution in [1.29, 1.82) is 0 Å². The van der Waals surface area contributed by atoms with Crippen LogP contribution in [0.15, 0.2) is 0 Å². The highest BCUT2D eigenvalue weighted by Gasteiger charge is 2.57. The minimum absolute atomic E-state index is 0.0807. The average molecular weight is 211 g/mol. The molecule has 4 heteroatoms. The molecule has 0 aliphatic heterocycles. The summed E-state index contributed by atoms with van der Waals surface area (Å²) in [7, 11) is 0. The first kappa shape index (κ1) is 10.5. The van der Waals surface area contributed by atoms with Gasteiger partial charge in [0.05, 0.1) is 0 Å². The maximum absolute atomic E-state index is 11.6. The average Bonchev–Trinajstić information content (AvgIpc) is 2.90. The van der Waals surface area contributed by atoms with Crippen LogP contribution in [0.1, 0.15) is 45.4 Å². The normalized spacial score (nSPS) is 27.1. The summed E-state index contributed by atoms with van der Waals surface area (Å²) in [5.41, 5.74) is 2.48. The van der Waals surface area contributed by atoms with Crippen LogP contribution < -0.4 is 5.48 Å². The maximum Gasteiger partial charge on any atom is 0.329 e. The Bertz CT molecular complexity index is 282. The molecule has 84 valence electrons. The second-order valence-electron chi connectivity index (χ2n) is 4.74. The summed E-state index contributed by atoms with van der Waals surface area (Å²) in [5, 5.41) is 0. The predicted molar refractivity (Wildman–Crippen MR) is 53.5 cm³/mol. The van der Waals surface area contributed by atoms with Gasteiger partial charge < -0.3 is 4.84 Å². The van der Waals surface area contributed by atoms with Crippen molar-refractivity contribution in [3.05, 3.63) is 0 Å². The lowest BCUT2D eigenvalue weighted by Gasteiger charge is -2.21. The number of rotatable bonds is 1. The van der Waals surface area contributed by atoms with Crippen LogP contribution in [0, 0.1) is 11.3 Å². The van der Waals surface area contributed by atoms with E-state index >= 15 is 0 Å². The monoisotopic (exact) mass is 211 g/mol. The first-order chi connectivity index (χ1) is 7.14. The minimum Gasteiger partial charge on any atom is -0.341 e. The van der Waals surface area contributed by atoms with Crippen LogP contribution in [-0.4, -0.2) is 11.9 Å². The molecular formula is C11H17NO3. The fourth-order valence-electron chi connectivity index (χ4n) is 2.72. The lowest BCUT2D eigenvalue weighted by molar-refractivity contribution is -0.157. The molecule has 2 rings (SSSR count). The van der Waals surface area contributed by atoms with E-state index in [4.69, 9.17) is 0 Å². The Morgan fingerprint density at radius 3 is 2.53 bits per heavy atom. The highest BCUT2D eigenvalue weighted by molar-refractivity contribution is 5.83. The number of carbonyl (C=O) groups is 2. The zero-order chi connectivity index (χ0) is 10.9. The van der Waals surface area contributed by atoms with Gasteiger partial charge in [-0.1, -0.05) is 19.3 Å². The molecule has 0 aromatic carbocycles. The molecule has 1 amide bonds. The summed E-state index contributed by atoms with van der Waals surface area (Å²) in [4.78, 5) is 26.6. The van der Waals surface area contributed by atoms with E-state index in [1.54, 1.807) is 0 Å². The van der Waals surface area contributed by atoms with E-state index < -0.39 is 5.97 Å². The summed E-state index contributed by atoms with van der Waals surface area (Å²) in [5.74, 6) is -0.508. The summed E-state index contributed by atoms with van der Waals surface area (Å²) in [6.45, 7) is 1.28. The number of hydroxylamine groups is 1. The van der Waals surface area contributed by atoms with Gasteiger partial charge in [0.25, 0.3) is 5.91 Å². The van der Waals surface area contributed by atoms with Crippen molar-refractivity contribution in [1.82, 2.24) is 5.48 Å². The van der Waals surface area contributed by atoms with Gasteiger partial charge in [-0.3, -0.25) is 9.59 Å². The third-order valence-electron chi connectivity index (χ3n) is 3.65. The molecule has 2 saturated carbocycles. The molecule has 0 saturated heterocycles. The zero-order valence-corrected chi connectivity index (χ0v) is 9.04. The van der Waals surface area contributed by atoms with E-state index in [1.165, 1.54) is 26.2 Å². The first-order valence-corrected chi connectivity index (χ1v) is 5.61. The van der Waals surface area contributed by atoms with Crippen LogP contribution in [0.3, 0.4) is 0 Å². The summed E-state index contributed by atoms with van der Waals surface area (Å²) >= 11 is 0. The zero-order valence-electron chi connectivity index (χ0n) is 9.04. The van der Waals surface area contributed by atoms with Crippen LogP contribution in [0.2, 0.25) is 0 Å². The fourth-order valence-corrected chi connectivity index (χ4v) is 2.72. The van der Waals surface area contributed by atoms with Gasteiger partial charge in [0, 0.05) is 12.8 Å². The third-order valence-corrected chi connectivity index (χ3v) is 3.65. The molecule has 2 aliphatic carbocycles. The van der Waals surface area contributed by atoms with Crippen molar-refractivity contribution in [3.63, 3.8) is 0 Å². The molecule has 0 heterocycles. The van der Waals surface area contributed by atoms with Crippen LogP contribution in [0.5, 0.6) is 0 Å². The topological polar surface area (TPSA) is 55.4 Å². The number of hydrogen-bond acceptors (Lipinski definition) is 3. The van der Waals surface area contributed by atoms with E-state index in [-0.39, 0.29) is 17.2 Å². The van der Waals surface area contributed by atoms with Crippen LogP contribution >= 0.6 is 0 Å². The van der Waals surface area contributed by atoms with Crippen LogP contribution in [-0.2, 0) is 14.4 Å².